The van der Waals surface area contributed by atoms with Gasteiger partial charge in [-0.15, -0.1) is 0 Å². The van der Waals surface area contributed by atoms with Crippen LogP contribution in [0.3, 0.4) is 0 Å². The van der Waals surface area contributed by atoms with Crippen molar-refractivity contribution in [3.63, 3.8) is 0 Å². The van der Waals surface area contributed by atoms with Crippen molar-refractivity contribution in [2.75, 3.05) is 39.6 Å². The maximum atomic E-state index is 11.8. The minimum atomic E-state index is -0.532. The minimum Gasteiger partial charge on any atom is -0.383 e. The number of carbonyl (C=O) groups is 2. The van der Waals surface area contributed by atoms with E-state index in [0.717, 1.165) is 4.90 Å². The van der Waals surface area contributed by atoms with Crippen LogP contribution in [0.1, 0.15) is 10.5 Å². The Hall–Kier alpha value is -2.16. The summed E-state index contributed by atoms with van der Waals surface area (Å²) in [6.07, 6.45) is 0. The maximum Gasteiger partial charge on any atom is 0.280 e. The summed E-state index contributed by atoms with van der Waals surface area (Å²) in [5, 5.41) is 9.23. The number of hydrogen-bond acceptors (Lipinski definition) is 7. The van der Waals surface area contributed by atoms with Gasteiger partial charge in [0.05, 0.1) is 13.2 Å². The van der Waals surface area contributed by atoms with Crippen LogP contribution in [0.4, 0.5) is 5.82 Å². The van der Waals surface area contributed by atoms with Crippen molar-refractivity contribution in [2.24, 2.45) is 0 Å². The second kappa shape index (κ2) is 6.55. The first kappa shape index (κ1) is 13.9. The molecule has 0 aromatic carbocycles. The molecular formula is C9H15N5O4. The van der Waals surface area contributed by atoms with Crippen LogP contribution in [0, 0.1) is 0 Å². The van der Waals surface area contributed by atoms with E-state index in [9.17, 15) is 9.59 Å². The van der Waals surface area contributed by atoms with Gasteiger partial charge in [-0.05, 0) is 10.3 Å². The number of methoxy groups -OCH3 is 1. The Labute approximate surface area is 103 Å². The number of anilines is 1. The summed E-state index contributed by atoms with van der Waals surface area (Å²) < 4.78 is 9.09. The van der Waals surface area contributed by atoms with E-state index in [1.807, 2.05) is 0 Å². The molecule has 2 amide bonds. The highest BCUT2D eigenvalue weighted by Gasteiger charge is 2.21. The summed E-state index contributed by atoms with van der Waals surface area (Å²) >= 11 is 0. The molecule has 0 spiro atoms. The number of nitrogens with one attached hydrogen (secondary N) is 1. The lowest BCUT2D eigenvalue weighted by Gasteiger charge is -2.15. The fourth-order valence-electron chi connectivity index (χ4n) is 1.16. The number of aromatic nitrogens is 2. The lowest BCUT2D eigenvalue weighted by atomic mass is 10.3. The second-order valence-electron chi connectivity index (χ2n) is 3.50. The van der Waals surface area contributed by atoms with E-state index in [0.29, 0.717) is 13.2 Å². The third kappa shape index (κ3) is 3.70. The molecule has 0 saturated heterocycles. The van der Waals surface area contributed by atoms with E-state index in [-0.39, 0.29) is 24.0 Å². The summed E-state index contributed by atoms with van der Waals surface area (Å²) in [6.45, 7) is 0.670. The molecular weight excluding hydrogens is 242 g/mol. The van der Waals surface area contributed by atoms with Crippen molar-refractivity contribution in [2.45, 2.75) is 0 Å². The largest absolute Gasteiger partial charge is 0.383 e. The zero-order chi connectivity index (χ0) is 13.5. The molecule has 0 aliphatic rings. The number of nitrogens with zero attached hydrogens (tertiary/aromatic N) is 3. The molecule has 100 valence electrons. The third-order valence-corrected chi connectivity index (χ3v) is 2.07. The fourth-order valence-corrected chi connectivity index (χ4v) is 1.16. The van der Waals surface area contributed by atoms with Gasteiger partial charge in [0.1, 0.15) is 0 Å². The van der Waals surface area contributed by atoms with Crippen LogP contribution in [0.25, 0.3) is 0 Å². The number of rotatable bonds is 6. The number of ether oxygens (including phenoxy) is 1. The van der Waals surface area contributed by atoms with Gasteiger partial charge >= 0.3 is 0 Å². The average molecular weight is 257 g/mol. The molecule has 0 atom stereocenters. The Morgan fingerprint density at radius 2 is 2.22 bits per heavy atom. The third-order valence-electron chi connectivity index (χ3n) is 2.07. The van der Waals surface area contributed by atoms with E-state index in [1.54, 1.807) is 0 Å². The van der Waals surface area contributed by atoms with Crippen molar-refractivity contribution in [3.8, 4) is 0 Å². The summed E-state index contributed by atoms with van der Waals surface area (Å²) in [7, 11) is 2.98. The predicted octanol–water partition coefficient (Wildman–Crippen LogP) is -1.51. The van der Waals surface area contributed by atoms with E-state index in [1.165, 1.54) is 14.2 Å². The molecule has 0 saturated carbocycles. The first-order valence-electron chi connectivity index (χ1n) is 5.15. The zero-order valence-corrected chi connectivity index (χ0v) is 10.2. The SMILES string of the molecule is COCCNC(=O)CN(C)C(=O)c1nonc1N. The van der Waals surface area contributed by atoms with Crippen molar-refractivity contribution < 1.29 is 19.0 Å². The summed E-state index contributed by atoms with van der Waals surface area (Å²) in [6, 6.07) is 0. The van der Waals surface area contributed by atoms with Crippen LogP contribution in [0.2, 0.25) is 0 Å². The molecule has 9 heteroatoms. The van der Waals surface area contributed by atoms with Gasteiger partial charge in [-0.3, -0.25) is 9.59 Å². The summed E-state index contributed by atoms with van der Waals surface area (Å²) in [5.41, 5.74) is 5.27. The van der Waals surface area contributed by atoms with Gasteiger partial charge in [0, 0.05) is 20.7 Å². The van der Waals surface area contributed by atoms with Crippen LogP contribution in [-0.2, 0) is 9.53 Å². The van der Waals surface area contributed by atoms with Crippen LogP contribution in [0.5, 0.6) is 0 Å². The molecule has 1 rings (SSSR count). The van der Waals surface area contributed by atoms with Gasteiger partial charge in [0.25, 0.3) is 5.91 Å². The van der Waals surface area contributed by atoms with Crippen LogP contribution < -0.4 is 11.1 Å². The Morgan fingerprint density at radius 1 is 1.50 bits per heavy atom. The molecule has 0 aliphatic carbocycles. The van der Waals surface area contributed by atoms with E-state index in [2.05, 4.69) is 20.3 Å². The van der Waals surface area contributed by atoms with Gasteiger partial charge < -0.3 is 20.7 Å². The highest BCUT2D eigenvalue weighted by Crippen LogP contribution is 2.06. The van der Waals surface area contributed by atoms with Crippen molar-refractivity contribution >= 4 is 17.6 Å². The molecule has 0 aliphatic heterocycles. The van der Waals surface area contributed by atoms with E-state index < -0.39 is 5.91 Å². The number of amides is 2. The molecule has 9 nitrogen and oxygen atoms in total. The molecule has 0 unspecified atom stereocenters. The molecule has 1 aromatic heterocycles. The normalized spacial score (nSPS) is 10.1. The highest BCUT2D eigenvalue weighted by molar-refractivity contribution is 5.97. The van der Waals surface area contributed by atoms with Crippen LogP contribution >= 0.6 is 0 Å². The average Bonchev–Trinajstić information content (AvgIpc) is 2.74. The molecule has 0 fully saturated rings. The lowest BCUT2D eigenvalue weighted by Crippen LogP contribution is -2.39. The smallest absolute Gasteiger partial charge is 0.280 e. The van der Waals surface area contributed by atoms with Gasteiger partial charge in [-0.25, -0.2) is 4.63 Å². The standard InChI is InChI=1S/C9H15N5O4/c1-14(5-6(15)11-3-4-17-2)9(16)7-8(10)13-18-12-7/h3-5H2,1-2H3,(H2,10,13)(H,11,15). The quantitative estimate of drug-likeness (QED) is 0.593. The first-order valence-corrected chi connectivity index (χ1v) is 5.15. The van der Waals surface area contributed by atoms with Gasteiger partial charge in [-0.1, -0.05) is 0 Å². The molecule has 1 heterocycles. The van der Waals surface area contributed by atoms with Crippen molar-refractivity contribution in [1.29, 1.82) is 0 Å². The van der Waals surface area contributed by atoms with E-state index >= 15 is 0 Å². The molecule has 0 radical (unpaired) electrons. The molecule has 1 aromatic rings. The van der Waals surface area contributed by atoms with Gasteiger partial charge in [0.2, 0.25) is 17.4 Å². The lowest BCUT2D eigenvalue weighted by molar-refractivity contribution is -0.121. The molecule has 3 N–H and O–H groups in total. The number of likely N-dealkylation sites (N-methyl/N-ethyl adjacent to an activating group) is 1. The predicted molar refractivity (Wildman–Crippen MR) is 60.6 cm³/mol. The number of nitrogens with two attached hydrogens (primary N) is 1. The Morgan fingerprint density at radius 3 is 2.78 bits per heavy atom. The molecule has 18 heavy (non-hydrogen) atoms. The summed E-state index contributed by atoms with van der Waals surface area (Å²) in [4.78, 5) is 24.4. The second-order valence-corrected chi connectivity index (χ2v) is 3.50. The van der Waals surface area contributed by atoms with Gasteiger partial charge in [0.15, 0.2) is 0 Å². The zero-order valence-electron chi connectivity index (χ0n) is 10.2. The van der Waals surface area contributed by atoms with E-state index in [4.69, 9.17) is 10.5 Å². The maximum absolute atomic E-state index is 11.8. The van der Waals surface area contributed by atoms with Crippen molar-refractivity contribution in [1.82, 2.24) is 20.5 Å². The highest BCUT2D eigenvalue weighted by atomic mass is 16.6. The fraction of sp³-hybridized carbons (Fsp3) is 0.556. The Bertz CT molecular complexity index is 419. The number of carbonyl (C=O) groups excluding carboxylic acids is 2. The molecule has 0 bridgehead atoms. The summed E-state index contributed by atoms with van der Waals surface area (Å²) in [5.74, 6) is -0.944. The topological polar surface area (TPSA) is 124 Å². The number of hydrogen-bond donors (Lipinski definition) is 2. The minimum absolute atomic E-state index is 0.105. The monoisotopic (exact) mass is 257 g/mol. The van der Waals surface area contributed by atoms with Gasteiger partial charge in [-0.2, -0.15) is 0 Å². The van der Waals surface area contributed by atoms with Crippen molar-refractivity contribution in [3.05, 3.63) is 5.69 Å². The van der Waals surface area contributed by atoms with Crippen LogP contribution in [-0.4, -0.2) is 60.9 Å². The Balaban J connectivity index is 2.45. The van der Waals surface area contributed by atoms with Crippen LogP contribution in [0.15, 0.2) is 4.63 Å². The Kier molecular flexibility index (Phi) is 5.06. The number of nitrogen functional groups attached to an aromatic ring is 1. The first-order chi connectivity index (χ1) is 8.56.